The third kappa shape index (κ3) is 21.1. The average Bonchev–Trinajstić information content (AvgIpc) is 2.14. The predicted octanol–water partition coefficient (Wildman–Crippen LogP) is 0.549. The van der Waals surface area contributed by atoms with Crippen LogP contribution < -0.4 is 0 Å². The van der Waals surface area contributed by atoms with Crippen LogP contribution in [0.5, 0.6) is 0 Å². The molecule has 6 nitrogen and oxygen atoms in total. The first-order valence-corrected chi connectivity index (χ1v) is 6.96. The first kappa shape index (κ1) is 18.6. The molecule has 1 unspecified atom stereocenters. The number of carbonyl (C=O) groups is 3. The number of esters is 2. The summed E-state index contributed by atoms with van der Waals surface area (Å²) in [6, 6.07) is 0. The fraction of sp³-hybridized carbons (Fsp3) is 0.700. The van der Waals surface area contributed by atoms with E-state index in [1.807, 2.05) is 0 Å². The molecular formula is C10H17O6Sn. The van der Waals surface area contributed by atoms with Crippen LogP contribution in [-0.4, -0.2) is 58.3 Å². The van der Waals surface area contributed by atoms with Crippen LogP contribution in [0, 0.1) is 0 Å². The number of ether oxygens (including phenoxy) is 2. The Kier molecular flexibility index (Phi) is 12.8. The van der Waals surface area contributed by atoms with Crippen molar-refractivity contribution in [3.8, 4) is 0 Å². The fourth-order valence-corrected chi connectivity index (χ4v) is 1.59. The molecule has 0 rings (SSSR count). The van der Waals surface area contributed by atoms with E-state index in [0.29, 0.717) is 13.0 Å². The molecule has 0 saturated carbocycles. The topological polar surface area (TPSA) is 89.9 Å². The predicted molar refractivity (Wildman–Crippen MR) is 60.7 cm³/mol. The van der Waals surface area contributed by atoms with Gasteiger partial charge in [-0.15, -0.1) is 0 Å². The second-order valence-electron chi connectivity index (χ2n) is 3.08. The fourth-order valence-electron chi connectivity index (χ4n) is 0.771. The van der Waals surface area contributed by atoms with Gasteiger partial charge in [0.05, 0.1) is 0 Å². The van der Waals surface area contributed by atoms with E-state index in [9.17, 15) is 9.59 Å². The molecule has 0 fully saturated rings. The van der Waals surface area contributed by atoms with Gasteiger partial charge in [0.15, 0.2) is 0 Å². The van der Waals surface area contributed by atoms with E-state index in [4.69, 9.17) is 19.4 Å². The van der Waals surface area contributed by atoms with Crippen LogP contribution in [0.4, 0.5) is 0 Å². The van der Waals surface area contributed by atoms with Gasteiger partial charge in [-0.3, -0.25) is 4.79 Å². The number of carboxylic acids is 1. The van der Waals surface area contributed by atoms with Gasteiger partial charge in [-0.1, -0.05) is 0 Å². The van der Waals surface area contributed by atoms with Crippen molar-refractivity contribution in [1.29, 1.82) is 0 Å². The van der Waals surface area contributed by atoms with E-state index < -0.39 is 5.97 Å². The van der Waals surface area contributed by atoms with Gasteiger partial charge in [-0.25, -0.2) is 0 Å². The van der Waals surface area contributed by atoms with E-state index in [0.717, 1.165) is 11.4 Å². The Labute approximate surface area is 114 Å². The molecule has 0 aromatic carbocycles. The Bertz CT molecular complexity index is 249. The molecule has 0 aromatic heterocycles. The normalized spacial score (nSPS) is 10.6. The Balaban J connectivity index is 0. The van der Waals surface area contributed by atoms with Gasteiger partial charge in [-0.2, -0.15) is 0 Å². The first-order valence-electron chi connectivity index (χ1n) is 4.94. The van der Waals surface area contributed by atoms with Gasteiger partial charge in [0.2, 0.25) is 0 Å². The van der Waals surface area contributed by atoms with E-state index >= 15 is 0 Å². The molecule has 0 bridgehead atoms. The summed E-state index contributed by atoms with van der Waals surface area (Å²) < 4.78 is 10.5. The maximum absolute atomic E-state index is 10.6. The Hall–Kier alpha value is -0.791. The maximum atomic E-state index is 10.6. The van der Waals surface area contributed by atoms with Crippen molar-refractivity contribution in [2.45, 2.75) is 37.7 Å². The molecule has 0 saturated heterocycles. The standard InChI is InChI=1S/C8H13O4.C2H4O2.Sn/c1-6(12-8(3)10)4-5-11-7(2)9;1-2(3)4;/h6H,1,4-5H2,2-3H3;1H3,(H,3,4);. The zero-order valence-corrected chi connectivity index (χ0v) is 13.0. The van der Waals surface area contributed by atoms with Crippen LogP contribution in [0.1, 0.15) is 27.2 Å². The van der Waals surface area contributed by atoms with Crippen molar-refractivity contribution >= 4 is 40.4 Å². The Morgan fingerprint density at radius 2 is 1.65 bits per heavy atom. The van der Waals surface area contributed by atoms with Crippen molar-refractivity contribution in [1.82, 2.24) is 0 Å². The number of carboxylic acid groups (broad SMARTS) is 1. The zero-order valence-electron chi connectivity index (χ0n) is 10.2. The molecular weight excluding hydrogens is 335 g/mol. The van der Waals surface area contributed by atoms with Crippen LogP contribution in [-0.2, 0) is 23.9 Å². The summed E-state index contributed by atoms with van der Waals surface area (Å²) in [6.45, 7) is 4.14. The van der Waals surface area contributed by atoms with Crippen LogP contribution in [0.15, 0.2) is 0 Å². The average molecular weight is 352 g/mol. The summed E-state index contributed by atoms with van der Waals surface area (Å²) in [5, 5.41) is 7.42. The van der Waals surface area contributed by atoms with Crippen LogP contribution in [0.3, 0.4) is 0 Å². The molecule has 0 aliphatic rings. The molecule has 1 atom stereocenters. The van der Waals surface area contributed by atoms with E-state index in [1.165, 1.54) is 36.4 Å². The molecule has 3 radical (unpaired) electrons. The first-order chi connectivity index (χ1) is 7.79. The molecule has 0 aliphatic carbocycles. The van der Waals surface area contributed by atoms with Crippen molar-refractivity contribution in [3.63, 3.8) is 0 Å². The summed E-state index contributed by atoms with van der Waals surface area (Å²) >= 11 is 1.31. The summed E-state index contributed by atoms with van der Waals surface area (Å²) in [5.74, 6) is -1.42. The third-order valence-electron chi connectivity index (χ3n) is 1.31. The molecule has 0 aliphatic heterocycles. The van der Waals surface area contributed by atoms with Gasteiger partial charge in [0.25, 0.3) is 5.97 Å². The number of aliphatic carboxylic acids is 1. The molecule has 0 amide bonds. The summed E-state index contributed by atoms with van der Waals surface area (Å²) in [7, 11) is 0. The molecule has 7 heteroatoms. The minimum atomic E-state index is -0.833. The molecule has 17 heavy (non-hydrogen) atoms. The van der Waals surface area contributed by atoms with Crippen LogP contribution in [0.25, 0.3) is 0 Å². The molecule has 0 spiro atoms. The number of rotatable bonds is 5. The second kappa shape index (κ2) is 11.7. The minimum absolute atomic E-state index is 0.102. The Morgan fingerprint density at radius 1 is 1.18 bits per heavy atom. The van der Waals surface area contributed by atoms with Crippen molar-refractivity contribution < 1.29 is 29.0 Å². The zero-order chi connectivity index (χ0) is 13.8. The van der Waals surface area contributed by atoms with Crippen LogP contribution >= 0.6 is 0 Å². The van der Waals surface area contributed by atoms with E-state index in [1.54, 1.807) is 0 Å². The molecule has 0 aromatic rings. The SMILES string of the molecule is CC(=O)O.CC(=O)OCCC([CH2][Sn])OC(C)=O. The van der Waals surface area contributed by atoms with Gasteiger partial charge in [-0.05, 0) is 0 Å². The van der Waals surface area contributed by atoms with Crippen molar-refractivity contribution in [2.24, 2.45) is 0 Å². The monoisotopic (exact) mass is 353 g/mol. The molecule has 1 N–H and O–H groups in total. The quantitative estimate of drug-likeness (QED) is 0.574. The van der Waals surface area contributed by atoms with Gasteiger partial charge in [0.1, 0.15) is 0 Å². The van der Waals surface area contributed by atoms with Gasteiger partial charge < -0.3 is 5.11 Å². The van der Waals surface area contributed by atoms with Gasteiger partial charge in [0, 0.05) is 6.92 Å². The second-order valence-corrected chi connectivity index (χ2v) is 4.25. The number of carbonyl (C=O) groups excluding carboxylic acids is 2. The van der Waals surface area contributed by atoms with Crippen molar-refractivity contribution in [3.05, 3.63) is 0 Å². The van der Waals surface area contributed by atoms with E-state index in [-0.39, 0.29) is 18.0 Å². The molecule has 97 valence electrons. The summed E-state index contributed by atoms with van der Waals surface area (Å²) in [5.41, 5.74) is 0. The third-order valence-corrected chi connectivity index (χ3v) is 2.61. The van der Waals surface area contributed by atoms with Crippen molar-refractivity contribution in [2.75, 3.05) is 6.61 Å². The molecule has 0 heterocycles. The summed E-state index contributed by atoms with van der Waals surface area (Å²) in [6.07, 6.45) is 0.486. The number of hydrogen-bond donors (Lipinski definition) is 1. The van der Waals surface area contributed by atoms with Gasteiger partial charge >= 0.3 is 90.9 Å². The van der Waals surface area contributed by atoms with E-state index in [2.05, 4.69) is 0 Å². The number of hydrogen-bond acceptors (Lipinski definition) is 5. The summed E-state index contributed by atoms with van der Waals surface area (Å²) in [4.78, 5) is 30.0. The van der Waals surface area contributed by atoms with Crippen LogP contribution in [0.2, 0.25) is 4.44 Å². The Morgan fingerprint density at radius 3 is 1.94 bits per heavy atom.